The summed E-state index contributed by atoms with van der Waals surface area (Å²) in [7, 11) is 0. The molecule has 9 aliphatic rings. The van der Waals surface area contributed by atoms with Crippen molar-refractivity contribution in [1.29, 1.82) is 0 Å². The lowest BCUT2D eigenvalue weighted by Gasteiger charge is -2.48. The lowest BCUT2D eigenvalue weighted by Crippen LogP contribution is -2.62. The largest absolute Gasteiger partial charge is 0.444 e. The van der Waals surface area contributed by atoms with Crippen LogP contribution < -0.4 is 51.5 Å². The van der Waals surface area contributed by atoms with Crippen LogP contribution in [-0.4, -0.2) is 47.5 Å². The molecule has 0 saturated carbocycles. The van der Waals surface area contributed by atoms with Gasteiger partial charge in [-0.3, -0.25) is 0 Å². The van der Waals surface area contributed by atoms with E-state index >= 15 is 0 Å². The highest BCUT2D eigenvalue weighted by Crippen LogP contribution is 2.48. The summed E-state index contributed by atoms with van der Waals surface area (Å²) in [5.41, 5.74) is 16.4. The van der Waals surface area contributed by atoms with Crippen LogP contribution in [-0.2, 0) is 0 Å². The number of rotatable bonds is 8. The first kappa shape index (κ1) is 43.4. The second-order valence-electron chi connectivity index (χ2n) is 20.9. The summed E-state index contributed by atoms with van der Waals surface area (Å²) < 4.78 is 14.8. The van der Waals surface area contributed by atoms with Gasteiger partial charge in [0.25, 0.3) is 13.4 Å². The molecule has 1 aromatic heterocycles. The highest BCUT2D eigenvalue weighted by molar-refractivity contribution is 7.00. The van der Waals surface area contributed by atoms with Crippen molar-refractivity contribution in [3.63, 3.8) is 0 Å². The third-order valence-corrected chi connectivity index (χ3v) is 16.7. The van der Waals surface area contributed by atoms with E-state index < -0.39 is 0 Å². The van der Waals surface area contributed by atoms with Gasteiger partial charge in [-0.1, -0.05) is 152 Å². The second-order valence-corrected chi connectivity index (χ2v) is 20.9. The van der Waals surface area contributed by atoms with Gasteiger partial charge in [-0.05, 0) is 132 Å². The van der Waals surface area contributed by atoms with E-state index in [-0.39, 0.29) is 31.6 Å². The summed E-state index contributed by atoms with van der Waals surface area (Å²) in [6.07, 6.45) is 40.4. The zero-order valence-corrected chi connectivity index (χ0v) is 41.4. The van der Waals surface area contributed by atoms with Gasteiger partial charge in [-0.25, -0.2) is 0 Å². The lowest BCUT2D eigenvalue weighted by molar-refractivity contribution is 0.204. The van der Waals surface area contributed by atoms with Crippen molar-refractivity contribution < 1.29 is 9.47 Å². The monoisotopic (exact) mass is 959 g/mol. The zero-order valence-electron chi connectivity index (χ0n) is 41.4. The SMILES string of the molecule is C1=CCCC(N(C2C=CCCC2)C2C=C3C4=C(C2)Oc2nc5c(cc2B4c2ccccc2N3c2ccccc2)B2c3ccccc3N(c3ccccc3)c3cc(N(C4C=CC=CC4)C4C=CC=CC4)cc(c32)O5)=C1. The average Bonchev–Trinajstić information content (AvgIpc) is 3.46. The van der Waals surface area contributed by atoms with Crippen molar-refractivity contribution >= 4 is 74.9 Å². The van der Waals surface area contributed by atoms with Gasteiger partial charge in [0.2, 0.25) is 11.8 Å². The summed E-state index contributed by atoms with van der Waals surface area (Å²) in [5.74, 6) is 3.07. The van der Waals surface area contributed by atoms with Crippen molar-refractivity contribution in [2.24, 2.45) is 0 Å². The van der Waals surface area contributed by atoms with Gasteiger partial charge in [0.15, 0.2) is 0 Å². The van der Waals surface area contributed by atoms with Crippen molar-refractivity contribution in [1.82, 2.24) is 9.88 Å². The Kier molecular flexibility index (Phi) is 10.4. The molecule has 358 valence electrons. The molecule has 0 spiro atoms. The molecule has 0 N–H and O–H groups in total. The first-order valence-corrected chi connectivity index (χ1v) is 26.9. The Morgan fingerprint density at radius 3 is 1.91 bits per heavy atom. The molecule has 0 fully saturated rings. The molecule has 5 aromatic carbocycles. The zero-order chi connectivity index (χ0) is 48.7. The number of anilines is 6. The molecule has 0 bridgehead atoms. The van der Waals surface area contributed by atoms with Crippen LogP contribution in [0.4, 0.5) is 34.1 Å². The van der Waals surface area contributed by atoms with Gasteiger partial charge < -0.3 is 29.1 Å². The molecule has 6 aromatic rings. The molecule has 74 heavy (non-hydrogen) atoms. The molecule has 15 rings (SSSR count). The Morgan fingerprint density at radius 2 is 1.22 bits per heavy atom. The summed E-state index contributed by atoms with van der Waals surface area (Å²) in [6, 6.07) is 47.6. The van der Waals surface area contributed by atoms with Crippen LogP contribution in [0.1, 0.15) is 51.4 Å². The molecule has 0 saturated heterocycles. The maximum Gasteiger partial charge on any atom is 0.258 e. The van der Waals surface area contributed by atoms with Crippen LogP contribution in [0.15, 0.2) is 235 Å². The van der Waals surface area contributed by atoms with E-state index in [1.165, 1.54) is 39.9 Å². The van der Waals surface area contributed by atoms with Gasteiger partial charge in [0, 0.05) is 64.0 Å². The van der Waals surface area contributed by atoms with Crippen LogP contribution in [0.25, 0.3) is 0 Å². The minimum absolute atomic E-state index is 0.0590. The normalized spacial score (nSPS) is 22.1. The standard InChI is InChI=1S/C65H55B2N5O2/c1-7-23-44(24-8-1)69(45-25-9-2-10-26-45)50-39-58-62-60(41-50)73-64-54(66(62)52-35-19-21-37-56(52)71(58)48-31-15-5-16-32-48)43-55-65(68-64)74-61-42-51(70(46-27-11-3-12-28-46)47-29-13-4-14-30-47)40-59-63(61)67(55)53-36-20-22-38-57(53)72(59)49-33-17-6-18-34-49/h1-3,5-11,13,15-23,25,27,29,31-41,43-45,47,51H,4,12,14,24,26,28,30,42H2. The van der Waals surface area contributed by atoms with E-state index in [1.807, 2.05) is 0 Å². The number of pyridine rings is 1. The summed E-state index contributed by atoms with van der Waals surface area (Å²) >= 11 is 0. The van der Waals surface area contributed by atoms with Gasteiger partial charge in [0.05, 0.1) is 18.1 Å². The molecular weight excluding hydrogens is 904 g/mol. The van der Waals surface area contributed by atoms with E-state index in [9.17, 15) is 0 Å². The summed E-state index contributed by atoms with van der Waals surface area (Å²) in [6.45, 7) is -0.257. The summed E-state index contributed by atoms with van der Waals surface area (Å²) in [4.78, 5) is 15.9. The number of para-hydroxylation sites is 4. The number of nitrogens with zero attached hydrogens (tertiary/aromatic N) is 5. The average molecular weight is 960 g/mol. The predicted molar refractivity (Wildman–Crippen MR) is 305 cm³/mol. The fourth-order valence-corrected chi connectivity index (χ4v) is 13.6. The maximum absolute atomic E-state index is 7.45. The Bertz CT molecular complexity index is 3520. The minimum Gasteiger partial charge on any atom is -0.444 e. The molecule has 4 aliphatic heterocycles. The van der Waals surface area contributed by atoms with Crippen LogP contribution >= 0.6 is 0 Å². The number of fused-ring (bicyclic) bond motifs is 8. The van der Waals surface area contributed by atoms with E-state index in [0.29, 0.717) is 17.8 Å². The van der Waals surface area contributed by atoms with Gasteiger partial charge in [-0.2, -0.15) is 4.98 Å². The second kappa shape index (κ2) is 17.8. The number of aromatic nitrogens is 1. The molecule has 5 aliphatic carbocycles. The van der Waals surface area contributed by atoms with Crippen LogP contribution in [0, 0.1) is 0 Å². The van der Waals surface area contributed by atoms with Crippen molar-refractivity contribution in [3.05, 3.63) is 235 Å². The van der Waals surface area contributed by atoms with Gasteiger partial charge in [-0.15, -0.1) is 0 Å². The highest BCUT2D eigenvalue weighted by atomic mass is 16.5. The van der Waals surface area contributed by atoms with Gasteiger partial charge >= 0.3 is 0 Å². The molecule has 0 amide bonds. The Balaban J connectivity index is 0.929. The van der Waals surface area contributed by atoms with Crippen LogP contribution in [0.2, 0.25) is 0 Å². The summed E-state index contributed by atoms with van der Waals surface area (Å²) in [5, 5.41) is 0. The minimum atomic E-state index is -0.147. The number of benzene rings is 5. The third kappa shape index (κ3) is 6.99. The van der Waals surface area contributed by atoms with Crippen molar-refractivity contribution in [3.8, 4) is 17.5 Å². The highest BCUT2D eigenvalue weighted by Gasteiger charge is 2.50. The quantitative estimate of drug-likeness (QED) is 0.111. The van der Waals surface area contributed by atoms with E-state index in [4.69, 9.17) is 14.5 Å². The molecule has 4 atom stereocenters. The fourth-order valence-electron chi connectivity index (χ4n) is 13.6. The Labute approximate surface area is 435 Å². The van der Waals surface area contributed by atoms with Crippen molar-refractivity contribution in [2.45, 2.75) is 75.5 Å². The molecule has 0 radical (unpaired) electrons. The van der Waals surface area contributed by atoms with E-state index in [1.54, 1.807) is 0 Å². The lowest BCUT2D eigenvalue weighted by atomic mass is 9.30. The predicted octanol–water partition coefficient (Wildman–Crippen LogP) is 11.3. The number of ether oxygens (including phenoxy) is 2. The van der Waals surface area contributed by atoms with Crippen LogP contribution in [0.5, 0.6) is 17.5 Å². The molecule has 5 heterocycles. The Morgan fingerprint density at radius 1 is 0.541 bits per heavy atom. The molecular formula is C65H55B2N5O2. The smallest absolute Gasteiger partial charge is 0.258 e. The number of hydrogen-bond acceptors (Lipinski definition) is 7. The maximum atomic E-state index is 7.45. The first-order chi connectivity index (χ1) is 36.7. The Hall–Kier alpha value is -8.16. The van der Waals surface area contributed by atoms with Crippen molar-refractivity contribution in [2.75, 3.05) is 14.7 Å². The topological polar surface area (TPSA) is 44.3 Å². The molecule has 4 unspecified atom stereocenters. The fraction of sp³-hybridized carbons (Fsp3) is 0.185. The van der Waals surface area contributed by atoms with E-state index in [2.05, 4.69) is 232 Å². The number of hydrogen-bond donors (Lipinski definition) is 0. The first-order valence-electron chi connectivity index (χ1n) is 26.9. The number of allylic oxidation sites excluding steroid dienone is 10. The third-order valence-electron chi connectivity index (χ3n) is 16.7. The van der Waals surface area contributed by atoms with Crippen LogP contribution in [0.3, 0.4) is 0 Å². The van der Waals surface area contributed by atoms with Gasteiger partial charge in [0.1, 0.15) is 11.5 Å². The molecule has 7 nitrogen and oxygen atoms in total. The molecule has 9 heteroatoms. The van der Waals surface area contributed by atoms with E-state index in [0.717, 1.165) is 101 Å².